The first-order valence-electron chi connectivity index (χ1n) is 9.80. The lowest BCUT2D eigenvalue weighted by molar-refractivity contribution is 0.147. The van der Waals surface area contributed by atoms with E-state index in [4.69, 9.17) is 4.74 Å². The third-order valence-electron chi connectivity index (χ3n) is 4.92. The maximum absolute atomic E-state index is 9.88. The smallest absolute Gasteiger partial charge is 0.191 e. The number of piperidine rings is 1. The number of nitrogens with one attached hydrogen (secondary N) is 2. The van der Waals surface area contributed by atoms with E-state index in [0.29, 0.717) is 12.3 Å². The monoisotopic (exact) mass is 490 g/mol. The van der Waals surface area contributed by atoms with E-state index in [1.165, 1.54) is 32.2 Å². The normalized spacial score (nSPS) is 17.9. The lowest BCUT2D eigenvalue weighted by Gasteiger charge is -2.35. The predicted octanol–water partition coefficient (Wildman–Crippen LogP) is 3.34. The molecule has 154 valence electrons. The first-order valence-corrected chi connectivity index (χ1v) is 9.80. The summed E-state index contributed by atoms with van der Waals surface area (Å²) in [4.78, 5) is 7.22. The molecule has 0 radical (unpaired) electrons. The van der Waals surface area contributed by atoms with Gasteiger partial charge in [0, 0.05) is 25.7 Å². The first kappa shape index (κ1) is 23.8. The van der Waals surface area contributed by atoms with E-state index in [1.54, 1.807) is 19.2 Å². The summed E-state index contributed by atoms with van der Waals surface area (Å²) in [5.41, 5.74) is 0.947. The van der Waals surface area contributed by atoms with Crippen molar-refractivity contribution in [1.29, 1.82) is 0 Å². The van der Waals surface area contributed by atoms with Crippen LogP contribution in [0, 0.1) is 0 Å². The van der Waals surface area contributed by atoms with Crippen LogP contribution in [-0.2, 0) is 6.54 Å². The minimum absolute atomic E-state index is 0. The number of hydrogen-bond acceptors (Lipinski definition) is 4. The van der Waals surface area contributed by atoms with Gasteiger partial charge in [0.05, 0.1) is 13.7 Å². The second-order valence-corrected chi connectivity index (χ2v) is 6.72. The number of rotatable bonds is 8. The van der Waals surface area contributed by atoms with Crippen LogP contribution in [0.3, 0.4) is 0 Å². The Morgan fingerprint density at radius 1 is 1.30 bits per heavy atom. The summed E-state index contributed by atoms with van der Waals surface area (Å²) >= 11 is 0. The molecule has 0 amide bonds. The fraction of sp³-hybridized carbons (Fsp3) is 0.650. The van der Waals surface area contributed by atoms with Crippen molar-refractivity contribution in [3.05, 3.63) is 23.8 Å². The molecule has 0 saturated carbocycles. The Morgan fingerprint density at radius 2 is 2.11 bits per heavy atom. The number of hydrogen-bond donors (Lipinski definition) is 3. The Bertz CT molecular complexity index is 583. The number of likely N-dealkylation sites (tertiary alicyclic amines) is 1. The highest BCUT2D eigenvalue weighted by molar-refractivity contribution is 14.0. The highest BCUT2D eigenvalue weighted by Crippen LogP contribution is 2.26. The standard InChI is InChI=1S/C20H34N4O2.HI/c1-4-17-8-6-7-12-24(17)13-11-22-20(21-5-2)23-15-16-9-10-19(26-3)18(25)14-16;/h9-10,14,17,25H,4-8,11-13,15H2,1-3H3,(H2,21,22,23);1H. The summed E-state index contributed by atoms with van der Waals surface area (Å²) in [6.45, 7) is 8.82. The van der Waals surface area contributed by atoms with Gasteiger partial charge in [0.1, 0.15) is 0 Å². The molecule has 1 atom stereocenters. The van der Waals surface area contributed by atoms with Crippen molar-refractivity contribution >= 4 is 29.9 Å². The lowest BCUT2D eigenvalue weighted by Crippen LogP contribution is -2.45. The number of guanidine groups is 1. The largest absolute Gasteiger partial charge is 0.504 e. The molecule has 27 heavy (non-hydrogen) atoms. The van der Waals surface area contributed by atoms with Crippen molar-refractivity contribution in [2.24, 2.45) is 4.99 Å². The Hall–Kier alpha value is -1.22. The van der Waals surface area contributed by atoms with Crippen LogP contribution < -0.4 is 15.4 Å². The molecule has 1 saturated heterocycles. The molecule has 0 spiro atoms. The molecule has 1 heterocycles. The Morgan fingerprint density at radius 3 is 2.78 bits per heavy atom. The molecule has 3 N–H and O–H groups in total. The molecular formula is C20H35IN4O2. The molecule has 1 aliphatic rings. The third kappa shape index (κ3) is 7.73. The zero-order chi connectivity index (χ0) is 18.8. The van der Waals surface area contributed by atoms with Crippen LogP contribution in [0.2, 0.25) is 0 Å². The van der Waals surface area contributed by atoms with Crippen molar-refractivity contribution in [3.8, 4) is 11.5 Å². The molecule has 1 aromatic rings. The highest BCUT2D eigenvalue weighted by Gasteiger charge is 2.19. The Labute approximate surface area is 180 Å². The number of ether oxygens (including phenoxy) is 1. The number of methoxy groups -OCH3 is 1. The highest BCUT2D eigenvalue weighted by atomic mass is 127. The van der Waals surface area contributed by atoms with E-state index in [9.17, 15) is 5.11 Å². The van der Waals surface area contributed by atoms with Crippen molar-refractivity contribution in [1.82, 2.24) is 15.5 Å². The minimum Gasteiger partial charge on any atom is -0.504 e. The molecule has 0 aliphatic carbocycles. The van der Waals surface area contributed by atoms with Gasteiger partial charge in [-0.25, -0.2) is 4.99 Å². The average molecular weight is 490 g/mol. The van der Waals surface area contributed by atoms with Gasteiger partial charge in [0.15, 0.2) is 17.5 Å². The van der Waals surface area contributed by atoms with Gasteiger partial charge in [-0.05, 0) is 50.4 Å². The van der Waals surface area contributed by atoms with Gasteiger partial charge in [-0.2, -0.15) is 0 Å². The number of nitrogens with zero attached hydrogens (tertiary/aromatic N) is 2. The van der Waals surface area contributed by atoms with Crippen molar-refractivity contribution in [3.63, 3.8) is 0 Å². The van der Waals surface area contributed by atoms with Gasteiger partial charge in [0.25, 0.3) is 0 Å². The van der Waals surface area contributed by atoms with Crippen LogP contribution in [0.5, 0.6) is 11.5 Å². The zero-order valence-electron chi connectivity index (χ0n) is 16.8. The summed E-state index contributed by atoms with van der Waals surface area (Å²) in [6, 6.07) is 6.12. The number of halogens is 1. The maximum Gasteiger partial charge on any atom is 0.191 e. The summed E-state index contributed by atoms with van der Waals surface area (Å²) in [5.74, 6) is 1.44. The summed E-state index contributed by atoms with van der Waals surface area (Å²) < 4.78 is 5.08. The third-order valence-corrected chi connectivity index (χ3v) is 4.92. The Kier molecular flexibility index (Phi) is 11.5. The molecule has 1 aromatic carbocycles. The topological polar surface area (TPSA) is 69.1 Å². The number of benzene rings is 1. The lowest BCUT2D eigenvalue weighted by atomic mass is 10.0. The van der Waals surface area contributed by atoms with Gasteiger partial charge in [-0.15, -0.1) is 24.0 Å². The number of aromatic hydroxyl groups is 1. The Balaban J connectivity index is 0.00000364. The number of phenolic OH excluding ortho intramolecular Hbond substituents is 1. The van der Waals surface area contributed by atoms with Gasteiger partial charge in [-0.3, -0.25) is 4.90 Å². The van der Waals surface area contributed by atoms with Gasteiger partial charge >= 0.3 is 0 Å². The molecule has 7 heteroatoms. The van der Waals surface area contributed by atoms with Crippen molar-refractivity contribution in [2.45, 2.75) is 52.1 Å². The zero-order valence-corrected chi connectivity index (χ0v) is 19.2. The maximum atomic E-state index is 9.88. The van der Waals surface area contributed by atoms with E-state index in [2.05, 4.69) is 34.4 Å². The van der Waals surface area contributed by atoms with Crippen LogP contribution >= 0.6 is 24.0 Å². The quantitative estimate of drug-likeness (QED) is 0.296. The second kappa shape index (κ2) is 13.0. The molecule has 0 aromatic heterocycles. The van der Waals surface area contributed by atoms with E-state index >= 15 is 0 Å². The van der Waals surface area contributed by atoms with Crippen LogP contribution in [0.15, 0.2) is 23.2 Å². The van der Waals surface area contributed by atoms with E-state index in [-0.39, 0.29) is 29.7 Å². The fourth-order valence-corrected chi connectivity index (χ4v) is 3.48. The summed E-state index contributed by atoms with van der Waals surface area (Å²) in [6.07, 6.45) is 5.23. The second-order valence-electron chi connectivity index (χ2n) is 6.72. The number of aliphatic imine (C=N–C) groups is 1. The van der Waals surface area contributed by atoms with E-state index in [0.717, 1.165) is 37.2 Å². The average Bonchev–Trinajstić information content (AvgIpc) is 2.66. The minimum atomic E-state index is 0. The first-order chi connectivity index (χ1) is 12.7. The number of phenols is 1. The SMILES string of the molecule is CCNC(=NCc1ccc(OC)c(O)c1)NCCN1CCCCC1CC.I. The molecule has 1 aliphatic heterocycles. The van der Waals surface area contributed by atoms with Gasteiger partial charge < -0.3 is 20.5 Å². The molecule has 6 nitrogen and oxygen atoms in total. The van der Waals surface area contributed by atoms with Crippen LogP contribution in [-0.4, -0.2) is 55.3 Å². The van der Waals surface area contributed by atoms with Crippen molar-refractivity contribution < 1.29 is 9.84 Å². The molecular weight excluding hydrogens is 455 g/mol. The molecule has 1 fully saturated rings. The van der Waals surface area contributed by atoms with Crippen LogP contribution in [0.25, 0.3) is 0 Å². The molecule has 2 rings (SSSR count). The van der Waals surface area contributed by atoms with Gasteiger partial charge in [-0.1, -0.05) is 19.4 Å². The van der Waals surface area contributed by atoms with Crippen molar-refractivity contribution in [2.75, 3.05) is 33.3 Å². The summed E-state index contributed by atoms with van der Waals surface area (Å²) in [7, 11) is 1.55. The van der Waals surface area contributed by atoms with E-state index < -0.39 is 0 Å². The van der Waals surface area contributed by atoms with Crippen LogP contribution in [0.1, 0.15) is 45.1 Å². The predicted molar refractivity (Wildman–Crippen MR) is 122 cm³/mol. The van der Waals surface area contributed by atoms with Gasteiger partial charge in [0.2, 0.25) is 0 Å². The summed E-state index contributed by atoms with van der Waals surface area (Å²) in [5, 5.41) is 16.6. The molecule has 0 bridgehead atoms. The van der Waals surface area contributed by atoms with E-state index in [1.807, 2.05) is 6.07 Å². The van der Waals surface area contributed by atoms with Crippen LogP contribution in [0.4, 0.5) is 0 Å². The fourth-order valence-electron chi connectivity index (χ4n) is 3.48. The molecule has 1 unspecified atom stereocenters.